The van der Waals surface area contributed by atoms with Crippen molar-refractivity contribution in [3.8, 4) is 0 Å². The molecule has 0 saturated carbocycles. The maximum absolute atomic E-state index is 11.4. The molecule has 1 unspecified atom stereocenters. The van der Waals surface area contributed by atoms with E-state index < -0.39 is 0 Å². The van der Waals surface area contributed by atoms with Crippen molar-refractivity contribution in [2.75, 3.05) is 39.8 Å². The van der Waals surface area contributed by atoms with Gasteiger partial charge in [0.05, 0.1) is 0 Å². The van der Waals surface area contributed by atoms with Crippen molar-refractivity contribution in [1.29, 1.82) is 0 Å². The predicted molar refractivity (Wildman–Crippen MR) is 70.1 cm³/mol. The van der Waals surface area contributed by atoms with E-state index in [9.17, 15) is 4.79 Å². The zero-order valence-electron chi connectivity index (χ0n) is 11.3. The Kier molecular flexibility index (Phi) is 4.57. The van der Waals surface area contributed by atoms with E-state index in [1.165, 1.54) is 38.9 Å². The quantitative estimate of drug-likeness (QED) is 0.746. The number of rotatable bonds is 3. The maximum Gasteiger partial charge on any atom is 0.138 e. The molecule has 1 atom stereocenters. The third-order valence-electron chi connectivity index (χ3n) is 4.45. The highest BCUT2D eigenvalue weighted by Crippen LogP contribution is 2.21. The lowest BCUT2D eigenvalue weighted by atomic mass is 9.92. The first-order valence-corrected chi connectivity index (χ1v) is 7.09. The van der Waals surface area contributed by atoms with Crippen LogP contribution in [0.3, 0.4) is 0 Å². The lowest BCUT2D eigenvalue weighted by molar-refractivity contribution is -0.125. The number of likely N-dealkylation sites (tertiary alicyclic amines) is 2. The molecule has 2 fully saturated rings. The zero-order chi connectivity index (χ0) is 12.3. The van der Waals surface area contributed by atoms with E-state index in [1.54, 1.807) is 0 Å². The molecule has 0 aromatic heterocycles. The maximum atomic E-state index is 11.4. The Balaban J connectivity index is 1.66. The topological polar surface area (TPSA) is 23.6 Å². The van der Waals surface area contributed by atoms with E-state index in [2.05, 4.69) is 23.8 Å². The standard InChI is InChI=1S/C14H26N2O/c1-12-11-16(10-6-14(12)17)9-5-13-3-7-15(2)8-4-13/h12-13H,3-11H2,1-2H3. The highest BCUT2D eigenvalue weighted by Gasteiger charge is 2.24. The molecule has 2 rings (SSSR count). The predicted octanol–water partition coefficient (Wildman–Crippen LogP) is 1.63. The van der Waals surface area contributed by atoms with Crippen molar-refractivity contribution in [2.45, 2.75) is 32.6 Å². The Morgan fingerprint density at radius 1 is 1.24 bits per heavy atom. The summed E-state index contributed by atoms with van der Waals surface area (Å²) >= 11 is 0. The van der Waals surface area contributed by atoms with E-state index in [0.29, 0.717) is 5.78 Å². The molecule has 0 N–H and O–H groups in total. The number of carbonyl (C=O) groups excluding carboxylic acids is 1. The van der Waals surface area contributed by atoms with Gasteiger partial charge in [-0.15, -0.1) is 0 Å². The minimum absolute atomic E-state index is 0.265. The van der Waals surface area contributed by atoms with Crippen LogP contribution in [0, 0.1) is 11.8 Å². The van der Waals surface area contributed by atoms with Crippen molar-refractivity contribution in [1.82, 2.24) is 9.80 Å². The molecular formula is C14H26N2O. The third-order valence-corrected chi connectivity index (χ3v) is 4.45. The molecule has 0 spiro atoms. The van der Waals surface area contributed by atoms with Crippen molar-refractivity contribution >= 4 is 5.78 Å². The first-order chi connectivity index (χ1) is 8.15. The fraction of sp³-hybridized carbons (Fsp3) is 0.929. The number of nitrogens with zero attached hydrogens (tertiary/aromatic N) is 2. The number of Topliss-reactive ketones (excluding diaryl/α,β-unsaturated/α-hetero) is 1. The van der Waals surface area contributed by atoms with Gasteiger partial charge in [0.1, 0.15) is 5.78 Å². The summed E-state index contributed by atoms with van der Waals surface area (Å²) in [6, 6.07) is 0. The number of piperidine rings is 2. The minimum Gasteiger partial charge on any atom is -0.306 e. The molecule has 2 heterocycles. The van der Waals surface area contributed by atoms with E-state index in [4.69, 9.17) is 0 Å². The summed E-state index contributed by atoms with van der Waals surface area (Å²) in [6.07, 6.45) is 4.82. The monoisotopic (exact) mass is 238 g/mol. The van der Waals surface area contributed by atoms with Crippen LogP contribution in [0.25, 0.3) is 0 Å². The summed E-state index contributed by atoms with van der Waals surface area (Å²) in [5.41, 5.74) is 0. The van der Waals surface area contributed by atoms with E-state index in [-0.39, 0.29) is 5.92 Å². The van der Waals surface area contributed by atoms with Gasteiger partial charge in [0.15, 0.2) is 0 Å². The van der Waals surface area contributed by atoms with E-state index in [0.717, 1.165) is 25.4 Å². The van der Waals surface area contributed by atoms with Crippen LogP contribution in [-0.2, 0) is 4.79 Å². The van der Waals surface area contributed by atoms with Gasteiger partial charge in [-0.1, -0.05) is 6.92 Å². The molecule has 2 aliphatic rings. The number of hydrogen-bond acceptors (Lipinski definition) is 3. The van der Waals surface area contributed by atoms with Crippen LogP contribution in [0.5, 0.6) is 0 Å². The summed E-state index contributed by atoms with van der Waals surface area (Å²) in [5, 5.41) is 0. The van der Waals surface area contributed by atoms with Crippen LogP contribution in [0.2, 0.25) is 0 Å². The molecule has 98 valence electrons. The minimum atomic E-state index is 0.265. The van der Waals surface area contributed by atoms with Crippen molar-refractivity contribution < 1.29 is 4.79 Å². The highest BCUT2D eigenvalue weighted by atomic mass is 16.1. The lowest BCUT2D eigenvalue weighted by Crippen LogP contribution is -2.41. The normalized spacial score (nSPS) is 29.8. The third kappa shape index (κ3) is 3.78. The summed E-state index contributed by atoms with van der Waals surface area (Å²) in [5.74, 6) is 1.64. The van der Waals surface area contributed by atoms with Crippen LogP contribution in [-0.4, -0.2) is 55.4 Å². The molecule has 0 aromatic carbocycles. The Morgan fingerprint density at radius 2 is 1.94 bits per heavy atom. The molecule has 3 heteroatoms. The van der Waals surface area contributed by atoms with Gasteiger partial charge in [0, 0.05) is 25.4 Å². The summed E-state index contributed by atoms with van der Waals surface area (Å²) in [4.78, 5) is 16.4. The number of hydrogen-bond donors (Lipinski definition) is 0. The summed E-state index contributed by atoms with van der Waals surface area (Å²) in [7, 11) is 2.22. The fourth-order valence-corrected chi connectivity index (χ4v) is 3.01. The Morgan fingerprint density at radius 3 is 2.59 bits per heavy atom. The van der Waals surface area contributed by atoms with Gasteiger partial charge in [-0.2, -0.15) is 0 Å². The van der Waals surface area contributed by atoms with Gasteiger partial charge in [-0.25, -0.2) is 0 Å². The molecule has 2 aliphatic heterocycles. The van der Waals surface area contributed by atoms with E-state index in [1.807, 2.05) is 0 Å². The molecule has 17 heavy (non-hydrogen) atoms. The van der Waals surface area contributed by atoms with Crippen LogP contribution in [0.15, 0.2) is 0 Å². The van der Waals surface area contributed by atoms with Crippen LogP contribution >= 0.6 is 0 Å². The lowest BCUT2D eigenvalue weighted by Gasteiger charge is -2.33. The number of carbonyl (C=O) groups is 1. The first-order valence-electron chi connectivity index (χ1n) is 7.09. The average Bonchev–Trinajstić information content (AvgIpc) is 2.33. The average molecular weight is 238 g/mol. The molecule has 0 aliphatic carbocycles. The zero-order valence-corrected chi connectivity index (χ0v) is 11.3. The summed E-state index contributed by atoms with van der Waals surface area (Å²) < 4.78 is 0. The van der Waals surface area contributed by atoms with E-state index >= 15 is 0 Å². The second kappa shape index (κ2) is 5.96. The second-order valence-electron chi connectivity index (χ2n) is 5.95. The van der Waals surface area contributed by atoms with Gasteiger partial charge < -0.3 is 9.80 Å². The molecule has 0 aromatic rings. The van der Waals surface area contributed by atoms with Gasteiger partial charge in [-0.3, -0.25) is 4.79 Å². The van der Waals surface area contributed by atoms with Crippen LogP contribution in [0.4, 0.5) is 0 Å². The second-order valence-corrected chi connectivity index (χ2v) is 5.95. The first kappa shape index (κ1) is 13.0. The smallest absolute Gasteiger partial charge is 0.138 e. The SMILES string of the molecule is CC1CN(CCC2CCN(C)CC2)CCC1=O. The van der Waals surface area contributed by atoms with Crippen LogP contribution in [0.1, 0.15) is 32.6 Å². The van der Waals surface area contributed by atoms with Gasteiger partial charge >= 0.3 is 0 Å². The Labute approximate surface area is 105 Å². The van der Waals surface area contributed by atoms with Gasteiger partial charge in [0.25, 0.3) is 0 Å². The molecule has 3 nitrogen and oxygen atoms in total. The van der Waals surface area contributed by atoms with Gasteiger partial charge in [-0.05, 0) is 51.9 Å². The Bertz CT molecular complexity index is 259. The molecule has 0 bridgehead atoms. The molecular weight excluding hydrogens is 212 g/mol. The van der Waals surface area contributed by atoms with Crippen molar-refractivity contribution in [3.63, 3.8) is 0 Å². The highest BCUT2D eigenvalue weighted by molar-refractivity contribution is 5.81. The van der Waals surface area contributed by atoms with Crippen molar-refractivity contribution in [2.24, 2.45) is 11.8 Å². The van der Waals surface area contributed by atoms with Gasteiger partial charge in [0.2, 0.25) is 0 Å². The fourth-order valence-electron chi connectivity index (χ4n) is 3.01. The number of ketones is 1. The molecule has 0 amide bonds. The Hall–Kier alpha value is -0.410. The summed E-state index contributed by atoms with van der Waals surface area (Å²) in [6.45, 7) is 7.79. The van der Waals surface area contributed by atoms with Crippen LogP contribution < -0.4 is 0 Å². The molecule has 2 saturated heterocycles. The molecule has 0 radical (unpaired) electrons. The largest absolute Gasteiger partial charge is 0.306 e. The van der Waals surface area contributed by atoms with Crippen molar-refractivity contribution in [3.05, 3.63) is 0 Å².